The first-order valence-electron chi connectivity index (χ1n) is 7.77. The Balaban J connectivity index is 2.35. The van der Waals surface area contributed by atoms with Gasteiger partial charge in [0.15, 0.2) is 0 Å². The highest BCUT2D eigenvalue weighted by Gasteiger charge is 2.27. The fourth-order valence-electron chi connectivity index (χ4n) is 2.39. The van der Waals surface area contributed by atoms with E-state index in [9.17, 15) is 9.59 Å². The number of ether oxygens (including phenoxy) is 1. The summed E-state index contributed by atoms with van der Waals surface area (Å²) in [5.74, 6) is 0.0209. The number of alkyl carbamates (subject to hydrolysis) is 1. The van der Waals surface area contributed by atoms with E-state index >= 15 is 0 Å². The average molecular weight is 299 g/mol. The Labute approximate surface area is 127 Å². The van der Waals surface area contributed by atoms with Crippen molar-refractivity contribution in [2.75, 3.05) is 13.1 Å². The third kappa shape index (κ3) is 6.33. The molecule has 0 unspecified atom stereocenters. The van der Waals surface area contributed by atoms with Crippen molar-refractivity contribution >= 4 is 12.0 Å². The van der Waals surface area contributed by atoms with Gasteiger partial charge in [0.1, 0.15) is 5.60 Å². The second-order valence-corrected chi connectivity index (χ2v) is 6.64. The maximum atomic E-state index is 12.1. The van der Waals surface area contributed by atoms with Gasteiger partial charge in [-0.3, -0.25) is 4.79 Å². The summed E-state index contributed by atoms with van der Waals surface area (Å²) in [6, 6.07) is -0.336. The Hall–Kier alpha value is -1.30. The third-order valence-corrected chi connectivity index (χ3v) is 3.44. The molecule has 0 aromatic rings. The van der Waals surface area contributed by atoms with Gasteiger partial charge in [0, 0.05) is 19.1 Å². The smallest absolute Gasteiger partial charge is 0.407 e. The number of carbonyl (C=O) groups is 2. The highest BCUT2D eigenvalue weighted by Crippen LogP contribution is 2.14. The van der Waals surface area contributed by atoms with Crippen LogP contribution >= 0.6 is 0 Å². The monoisotopic (exact) mass is 299 g/mol. The molecule has 6 heteroatoms. The number of nitrogens with zero attached hydrogens (tertiary/aromatic N) is 1. The third-order valence-electron chi connectivity index (χ3n) is 3.44. The number of amides is 2. The van der Waals surface area contributed by atoms with Crippen LogP contribution in [0.1, 0.15) is 53.4 Å². The zero-order valence-electron chi connectivity index (χ0n) is 13.6. The molecule has 1 rings (SSSR count). The quantitative estimate of drug-likeness (QED) is 0.826. The van der Waals surface area contributed by atoms with Gasteiger partial charge < -0.3 is 20.7 Å². The summed E-state index contributed by atoms with van der Waals surface area (Å²) in [5, 5.41) is 2.86. The SMILES string of the molecule is CCC[C@@H](N)C(=O)N1CCC(NC(=O)OC(C)(C)C)CC1. The normalized spacial score (nSPS) is 18.2. The summed E-state index contributed by atoms with van der Waals surface area (Å²) in [4.78, 5) is 25.6. The molecule has 1 saturated heterocycles. The van der Waals surface area contributed by atoms with E-state index in [2.05, 4.69) is 5.32 Å². The molecule has 1 aliphatic heterocycles. The van der Waals surface area contributed by atoms with Crippen molar-refractivity contribution in [2.24, 2.45) is 5.73 Å². The molecule has 0 bridgehead atoms. The maximum absolute atomic E-state index is 12.1. The fourth-order valence-corrected chi connectivity index (χ4v) is 2.39. The first kappa shape index (κ1) is 17.8. The number of likely N-dealkylation sites (tertiary alicyclic amines) is 1. The predicted octanol–water partition coefficient (Wildman–Crippen LogP) is 1.63. The van der Waals surface area contributed by atoms with E-state index in [1.807, 2.05) is 27.7 Å². The van der Waals surface area contributed by atoms with Crippen LogP contribution in [0.4, 0.5) is 4.79 Å². The van der Waals surface area contributed by atoms with Crippen LogP contribution in [-0.2, 0) is 9.53 Å². The number of hydrogen-bond acceptors (Lipinski definition) is 4. The Morgan fingerprint density at radius 2 is 1.90 bits per heavy atom. The first-order chi connectivity index (χ1) is 9.73. The van der Waals surface area contributed by atoms with Crippen LogP contribution in [0.15, 0.2) is 0 Å². The number of rotatable bonds is 4. The zero-order chi connectivity index (χ0) is 16.0. The van der Waals surface area contributed by atoms with Gasteiger partial charge >= 0.3 is 6.09 Å². The van der Waals surface area contributed by atoms with E-state index < -0.39 is 17.7 Å². The molecule has 2 amide bonds. The Kier molecular flexibility index (Phi) is 6.45. The van der Waals surface area contributed by atoms with Crippen molar-refractivity contribution in [3.63, 3.8) is 0 Å². The van der Waals surface area contributed by atoms with Gasteiger partial charge in [0.05, 0.1) is 6.04 Å². The summed E-state index contributed by atoms with van der Waals surface area (Å²) < 4.78 is 5.23. The molecule has 0 aromatic heterocycles. The van der Waals surface area contributed by atoms with Crippen molar-refractivity contribution in [1.29, 1.82) is 0 Å². The second kappa shape index (κ2) is 7.64. The van der Waals surface area contributed by atoms with Gasteiger partial charge in [0.2, 0.25) is 5.91 Å². The largest absolute Gasteiger partial charge is 0.444 e. The standard InChI is InChI=1S/C15H29N3O3/c1-5-6-12(16)13(19)18-9-7-11(8-10-18)17-14(20)21-15(2,3)4/h11-12H,5-10,16H2,1-4H3,(H,17,20)/t12-/m1/s1. The van der Waals surface area contributed by atoms with Crippen LogP contribution in [0.2, 0.25) is 0 Å². The van der Waals surface area contributed by atoms with E-state index in [1.165, 1.54) is 0 Å². The number of nitrogens with two attached hydrogens (primary N) is 1. The van der Waals surface area contributed by atoms with E-state index in [-0.39, 0.29) is 11.9 Å². The minimum absolute atomic E-state index is 0.0209. The lowest BCUT2D eigenvalue weighted by Gasteiger charge is -2.34. The lowest BCUT2D eigenvalue weighted by atomic mass is 10.0. The highest BCUT2D eigenvalue weighted by atomic mass is 16.6. The molecule has 1 aliphatic rings. The van der Waals surface area contributed by atoms with Gasteiger partial charge in [-0.15, -0.1) is 0 Å². The Bertz CT molecular complexity index is 358. The fraction of sp³-hybridized carbons (Fsp3) is 0.867. The predicted molar refractivity (Wildman–Crippen MR) is 81.9 cm³/mol. The molecule has 0 aliphatic carbocycles. The lowest BCUT2D eigenvalue weighted by molar-refractivity contribution is -0.133. The zero-order valence-corrected chi connectivity index (χ0v) is 13.6. The Morgan fingerprint density at radius 1 is 1.33 bits per heavy atom. The number of nitrogens with one attached hydrogen (secondary N) is 1. The molecule has 21 heavy (non-hydrogen) atoms. The van der Waals surface area contributed by atoms with Crippen molar-refractivity contribution in [2.45, 2.75) is 71.1 Å². The molecule has 1 heterocycles. The molecule has 0 aromatic carbocycles. The van der Waals surface area contributed by atoms with Gasteiger partial charge in [-0.1, -0.05) is 13.3 Å². The molecule has 1 atom stereocenters. The van der Waals surface area contributed by atoms with E-state index in [4.69, 9.17) is 10.5 Å². The summed E-state index contributed by atoms with van der Waals surface area (Å²) in [7, 11) is 0. The van der Waals surface area contributed by atoms with Gasteiger partial charge in [-0.2, -0.15) is 0 Å². The van der Waals surface area contributed by atoms with Gasteiger partial charge in [-0.05, 0) is 40.0 Å². The van der Waals surface area contributed by atoms with Crippen LogP contribution in [0.25, 0.3) is 0 Å². The molecule has 122 valence electrons. The molecular formula is C15H29N3O3. The van der Waals surface area contributed by atoms with Crippen LogP contribution < -0.4 is 11.1 Å². The lowest BCUT2D eigenvalue weighted by Crippen LogP contribution is -2.51. The summed E-state index contributed by atoms with van der Waals surface area (Å²) in [6.45, 7) is 8.80. The number of carbonyl (C=O) groups excluding carboxylic acids is 2. The average Bonchev–Trinajstić information content (AvgIpc) is 2.36. The van der Waals surface area contributed by atoms with Crippen LogP contribution in [0, 0.1) is 0 Å². The molecule has 1 fully saturated rings. The molecule has 3 N–H and O–H groups in total. The number of piperidine rings is 1. The number of hydrogen-bond donors (Lipinski definition) is 2. The summed E-state index contributed by atoms with van der Waals surface area (Å²) in [5.41, 5.74) is 5.37. The molecule has 6 nitrogen and oxygen atoms in total. The molecule has 0 radical (unpaired) electrons. The molecular weight excluding hydrogens is 270 g/mol. The van der Waals surface area contributed by atoms with Gasteiger partial charge in [-0.25, -0.2) is 4.79 Å². The second-order valence-electron chi connectivity index (χ2n) is 6.64. The maximum Gasteiger partial charge on any atom is 0.407 e. The van der Waals surface area contributed by atoms with Crippen molar-refractivity contribution in [1.82, 2.24) is 10.2 Å². The van der Waals surface area contributed by atoms with Crippen LogP contribution in [0.3, 0.4) is 0 Å². The van der Waals surface area contributed by atoms with E-state index in [0.29, 0.717) is 13.1 Å². The topological polar surface area (TPSA) is 84.7 Å². The Morgan fingerprint density at radius 3 is 2.38 bits per heavy atom. The van der Waals surface area contributed by atoms with Gasteiger partial charge in [0.25, 0.3) is 0 Å². The van der Waals surface area contributed by atoms with E-state index in [0.717, 1.165) is 25.7 Å². The van der Waals surface area contributed by atoms with Crippen molar-refractivity contribution in [3.05, 3.63) is 0 Å². The minimum atomic E-state index is -0.492. The highest BCUT2D eigenvalue weighted by molar-refractivity contribution is 5.81. The molecule has 0 spiro atoms. The van der Waals surface area contributed by atoms with Crippen molar-refractivity contribution in [3.8, 4) is 0 Å². The van der Waals surface area contributed by atoms with Crippen LogP contribution in [0.5, 0.6) is 0 Å². The van der Waals surface area contributed by atoms with Crippen molar-refractivity contribution < 1.29 is 14.3 Å². The summed E-state index contributed by atoms with van der Waals surface area (Å²) in [6.07, 6.45) is 2.71. The summed E-state index contributed by atoms with van der Waals surface area (Å²) >= 11 is 0. The van der Waals surface area contributed by atoms with Crippen LogP contribution in [-0.4, -0.2) is 47.7 Å². The first-order valence-corrected chi connectivity index (χ1v) is 7.77. The van der Waals surface area contributed by atoms with E-state index in [1.54, 1.807) is 4.90 Å². The minimum Gasteiger partial charge on any atom is -0.444 e. The molecule has 0 saturated carbocycles.